The molecule has 2 rings (SSSR count). The molecule has 2 aromatic rings. The Kier molecular flexibility index (Phi) is 5.78. The van der Waals surface area contributed by atoms with Gasteiger partial charge in [0.15, 0.2) is 0 Å². The molecule has 0 saturated carbocycles. The first-order valence-electron chi connectivity index (χ1n) is 7.33. The van der Waals surface area contributed by atoms with E-state index in [1.807, 2.05) is 49.5 Å². The van der Waals surface area contributed by atoms with Gasteiger partial charge in [-0.05, 0) is 36.3 Å². The van der Waals surface area contributed by atoms with Gasteiger partial charge in [0, 0.05) is 18.8 Å². The molecule has 0 bridgehead atoms. The van der Waals surface area contributed by atoms with E-state index in [-0.39, 0.29) is 5.97 Å². The molecule has 114 valence electrons. The van der Waals surface area contributed by atoms with Crippen LogP contribution in [-0.4, -0.2) is 26.2 Å². The molecule has 0 N–H and O–H groups in total. The maximum atomic E-state index is 11.7. The van der Waals surface area contributed by atoms with Crippen molar-refractivity contribution in [2.75, 3.05) is 25.1 Å². The van der Waals surface area contributed by atoms with Crippen molar-refractivity contribution in [3.8, 4) is 0 Å². The van der Waals surface area contributed by atoms with Crippen LogP contribution >= 0.6 is 0 Å². The smallest absolute Gasteiger partial charge is 0.330 e. The van der Waals surface area contributed by atoms with Crippen LogP contribution in [0, 0.1) is 6.92 Å². The van der Waals surface area contributed by atoms with Crippen molar-refractivity contribution >= 4 is 17.7 Å². The van der Waals surface area contributed by atoms with E-state index in [9.17, 15) is 4.79 Å². The number of nitrogens with zero attached hydrogens (tertiary/aromatic N) is 1. The number of rotatable bonds is 6. The monoisotopic (exact) mass is 295 g/mol. The largest absolute Gasteiger partial charge is 0.461 e. The number of anilines is 1. The fraction of sp³-hybridized carbons (Fsp3) is 0.211. The predicted molar refractivity (Wildman–Crippen MR) is 90.9 cm³/mol. The third-order valence-corrected chi connectivity index (χ3v) is 3.32. The zero-order valence-corrected chi connectivity index (χ0v) is 13.0. The second kappa shape index (κ2) is 8.03. The van der Waals surface area contributed by atoms with Crippen molar-refractivity contribution in [3.63, 3.8) is 0 Å². The molecule has 0 saturated heterocycles. The second-order valence-corrected chi connectivity index (χ2v) is 5.17. The van der Waals surface area contributed by atoms with Gasteiger partial charge >= 0.3 is 5.97 Å². The lowest BCUT2D eigenvalue weighted by molar-refractivity contribution is -0.137. The Bertz CT molecular complexity index is 635. The summed E-state index contributed by atoms with van der Waals surface area (Å²) in [4.78, 5) is 13.7. The minimum atomic E-state index is -0.318. The summed E-state index contributed by atoms with van der Waals surface area (Å²) in [6.45, 7) is 3.09. The molecular formula is C19H21NO2. The average molecular weight is 295 g/mol. The quantitative estimate of drug-likeness (QED) is 0.601. The Labute approximate surface area is 131 Å². The number of ether oxygens (including phenoxy) is 1. The number of hydrogen-bond acceptors (Lipinski definition) is 3. The normalized spacial score (nSPS) is 10.6. The van der Waals surface area contributed by atoms with Crippen LogP contribution in [0.3, 0.4) is 0 Å². The van der Waals surface area contributed by atoms with Gasteiger partial charge in [-0.3, -0.25) is 0 Å². The standard InChI is InChI=1S/C19H21NO2/c1-16-7-6-10-18(15-16)20(2)13-14-22-19(21)12-11-17-8-4-3-5-9-17/h3-12,15H,13-14H2,1-2H3. The first kappa shape index (κ1) is 15.8. The molecule has 0 aromatic heterocycles. The minimum Gasteiger partial charge on any atom is -0.461 e. The molecule has 0 aliphatic carbocycles. The maximum Gasteiger partial charge on any atom is 0.330 e. The third-order valence-electron chi connectivity index (χ3n) is 3.32. The highest BCUT2D eigenvalue weighted by Gasteiger charge is 2.02. The van der Waals surface area contributed by atoms with Gasteiger partial charge in [0.25, 0.3) is 0 Å². The van der Waals surface area contributed by atoms with E-state index in [2.05, 4.69) is 24.0 Å². The first-order valence-corrected chi connectivity index (χ1v) is 7.33. The van der Waals surface area contributed by atoms with Gasteiger partial charge in [-0.2, -0.15) is 0 Å². The summed E-state index contributed by atoms with van der Waals surface area (Å²) in [5, 5.41) is 0. The van der Waals surface area contributed by atoms with Gasteiger partial charge in [0.2, 0.25) is 0 Å². The summed E-state index contributed by atoms with van der Waals surface area (Å²) in [5.41, 5.74) is 3.32. The molecular weight excluding hydrogens is 274 g/mol. The highest BCUT2D eigenvalue weighted by atomic mass is 16.5. The SMILES string of the molecule is Cc1cccc(N(C)CCOC(=O)C=Cc2ccccc2)c1. The fourth-order valence-electron chi connectivity index (χ4n) is 2.05. The molecule has 0 unspecified atom stereocenters. The highest BCUT2D eigenvalue weighted by molar-refractivity contribution is 5.87. The number of hydrogen-bond donors (Lipinski definition) is 0. The van der Waals surface area contributed by atoms with E-state index in [0.717, 1.165) is 11.3 Å². The number of carbonyl (C=O) groups is 1. The van der Waals surface area contributed by atoms with Crippen molar-refractivity contribution in [1.29, 1.82) is 0 Å². The van der Waals surface area contributed by atoms with Crippen LogP contribution in [0.25, 0.3) is 6.08 Å². The first-order chi connectivity index (χ1) is 10.6. The van der Waals surface area contributed by atoms with Crippen LogP contribution in [0.4, 0.5) is 5.69 Å². The molecule has 22 heavy (non-hydrogen) atoms. The van der Waals surface area contributed by atoms with Crippen LogP contribution in [0.5, 0.6) is 0 Å². The topological polar surface area (TPSA) is 29.5 Å². The van der Waals surface area contributed by atoms with E-state index in [4.69, 9.17) is 4.74 Å². The van der Waals surface area contributed by atoms with Gasteiger partial charge < -0.3 is 9.64 Å². The van der Waals surface area contributed by atoms with Crippen LogP contribution in [0.1, 0.15) is 11.1 Å². The Hall–Kier alpha value is -2.55. The van der Waals surface area contributed by atoms with Crippen molar-refractivity contribution in [1.82, 2.24) is 0 Å². The van der Waals surface area contributed by atoms with Crippen LogP contribution < -0.4 is 4.90 Å². The number of likely N-dealkylation sites (N-methyl/N-ethyl adjacent to an activating group) is 1. The number of esters is 1. The van der Waals surface area contributed by atoms with Crippen molar-refractivity contribution in [3.05, 3.63) is 71.8 Å². The molecule has 0 aliphatic rings. The van der Waals surface area contributed by atoms with Crippen molar-refractivity contribution < 1.29 is 9.53 Å². The highest BCUT2D eigenvalue weighted by Crippen LogP contribution is 2.13. The molecule has 0 atom stereocenters. The second-order valence-electron chi connectivity index (χ2n) is 5.17. The summed E-state index contributed by atoms with van der Waals surface area (Å²) in [5.74, 6) is -0.318. The summed E-state index contributed by atoms with van der Waals surface area (Å²) < 4.78 is 5.22. The van der Waals surface area contributed by atoms with E-state index in [1.165, 1.54) is 11.6 Å². The predicted octanol–water partition coefficient (Wildman–Crippen LogP) is 3.69. The molecule has 3 heteroatoms. The van der Waals surface area contributed by atoms with Gasteiger partial charge in [0.1, 0.15) is 6.61 Å². The Morgan fingerprint density at radius 2 is 1.91 bits per heavy atom. The lowest BCUT2D eigenvalue weighted by atomic mass is 10.2. The summed E-state index contributed by atoms with van der Waals surface area (Å²) in [6.07, 6.45) is 3.22. The minimum absolute atomic E-state index is 0.318. The van der Waals surface area contributed by atoms with Gasteiger partial charge in [-0.25, -0.2) is 4.79 Å². The molecule has 0 radical (unpaired) electrons. The molecule has 2 aromatic carbocycles. The molecule has 0 spiro atoms. The number of aryl methyl sites for hydroxylation is 1. The number of carbonyl (C=O) groups excluding carboxylic acids is 1. The van der Waals surface area contributed by atoms with E-state index in [0.29, 0.717) is 13.2 Å². The number of benzene rings is 2. The van der Waals surface area contributed by atoms with Crippen LogP contribution in [0.2, 0.25) is 0 Å². The van der Waals surface area contributed by atoms with E-state index in [1.54, 1.807) is 6.08 Å². The lowest BCUT2D eigenvalue weighted by Gasteiger charge is -2.19. The molecule has 0 amide bonds. The molecule has 3 nitrogen and oxygen atoms in total. The average Bonchev–Trinajstić information content (AvgIpc) is 2.54. The third kappa shape index (κ3) is 5.09. The van der Waals surface area contributed by atoms with E-state index >= 15 is 0 Å². The molecule has 0 fully saturated rings. The van der Waals surface area contributed by atoms with E-state index < -0.39 is 0 Å². The Balaban J connectivity index is 1.76. The summed E-state index contributed by atoms with van der Waals surface area (Å²) in [6, 6.07) is 17.9. The molecule has 0 heterocycles. The van der Waals surface area contributed by atoms with Gasteiger partial charge in [-0.1, -0.05) is 42.5 Å². The zero-order valence-electron chi connectivity index (χ0n) is 13.0. The fourth-order valence-corrected chi connectivity index (χ4v) is 2.05. The lowest BCUT2D eigenvalue weighted by Crippen LogP contribution is -2.23. The Morgan fingerprint density at radius 1 is 1.14 bits per heavy atom. The van der Waals surface area contributed by atoms with Crippen LogP contribution in [-0.2, 0) is 9.53 Å². The zero-order chi connectivity index (χ0) is 15.8. The summed E-state index contributed by atoms with van der Waals surface area (Å²) >= 11 is 0. The van der Waals surface area contributed by atoms with Crippen LogP contribution in [0.15, 0.2) is 60.7 Å². The van der Waals surface area contributed by atoms with Gasteiger partial charge in [-0.15, -0.1) is 0 Å². The maximum absolute atomic E-state index is 11.7. The Morgan fingerprint density at radius 3 is 2.64 bits per heavy atom. The van der Waals surface area contributed by atoms with Gasteiger partial charge in [0.05, 0.1) is 6.54 Å². The van der Waals surface area contributed by atoms with Crippen molar-refractivity contribution in [2.45, 2.75) is 6.92 Å². The van der Waals surface area contributed by atoms with Crippen molar-refractivity contribution in [2.24, 2.45) is 0 Å². The summed E-state index contributed by atoms with van der Waals surface area (Å²) in [7, 11) is 1.99. The molecule has 0 aliphatic heterocycles.